The van der Waals surface area contributed by atoms with E-state index in [1.54, 1.807) is 23.6 Å². The van der Waals surface area contributed by atoms with E-state index in [0.29, 0.717) is 33.8 Å². The number of aromatic nitrogens is 3. The zero-order valence-electron chi connectivity index (χ0n) is 17.1. The molecule has 0 spiro atoms. The molecule has 1 atom stereocenters. The van der Waals surface area contributed by atoms with Gasteiger partial charge in [0.15, 0.2) is 17.1 Å². The fourth-order valence-electron chi connectivity index (χ4n) is 2.74. The molecule has 1 amide bonds. The summed E-state index contributed by atoms with van der Waals surface area (Å²) in [5.74, 6) is 0.0839. The zero-order valence-corrected chi connectivity index (χ0v) is 18.8. The average molecular weight is 465 g/mol. The Labute approximate surface area is 186 Å². The van der Waals surface area contributed by atoms with Gasteiger partial charge in [-0.05, 0) is 49.6 Å². The number of ether oxygens (including phenoxy) is 2. The lowest BCUT2D eigenvalue weighted by atomic mass is 10.3. The molecule has 1 N–H and O–H groups in total. The number of nitrogens with zero attached hydrogens (tertiary/aromatic N) is 3. The van der Waals surface area contributed by atoms with Crippen LogP contribution in [0.3, 0.4) is 0 Å². The first kappa shape index (κ1) is 22.8. The molecular weight excluding hydrogens is 443 g/mol. The lowest BCUT2D eigenvalue weighted by Crippen LogP contribution is -2.16. The highest BCUT2D eigenvalue weighted by Gasteiger charge is 2.20. The van der Waals surface area contributed by atoms with Crippen LogP contribution < -0.4 is 10.1 Å². The number of amides is 1. The summed E-state index contributed by atoms with van der Waals surface area (Å²) in [6.45, 7) is 4.35. The van der Waals surface area contributed by atoms with Gasteiger partial charge in [0.25, 0.3) is 0 Å². The summed E-state index contributed by atoms with van der Waals surface area (Å²) in [7, 11) is 1.29. The smallest absolute Gasteiger partial charge is 0.340 e. The van der Waals surface area contributed by atoms with Gasteiger partial charge in [0.1, 0.15) is 16.6 Å². The van der Waals surface area contributed by atoms with Crippen LogP contribution in [0.1, 0.15) is 36.1 Å². The summed E-state index contributed by atoms with van der Waals surface area (Å²) in [5.41, 5.74) is 0.316. The monoisotopic (exact) mass is 464 g/mol. The van der Waals surface area contributed by atoms with Gasteiger partial charge in [0.2, 0.25) is 5.91 Å². The van der Waals surface area contributed by atoms with Crippen molar-refractivity contribution in [3.05, 3.63) is 52.9 Å². The van der Waals surface area contributed by atoms with E-state index in [9.17, 15) is 14.0 Å². The van der Waals surface area contributed by atoms with Gasteiger partial charge in [0.05, 0.1) is 18.4 Å². The largest absolute Gasteiger partial charge is 0.483 e. The summed E-state index contributed by atoms with van der Waals surface area (Å²) in [5, 5.41) is 13.8. The van der Waals surface area contributed by atoms with Crippen molar-refractivity contribution in [2.24, 2.45) is 0 Å². The summed E-state index contributed by atoms with van der Waals surface area (Å²) in [4.78, 5) is 24.1. The fourth-order valence-corrected chi connectivity index (χ4v) is 4.35. The molecule has 164 valence electrons. The minimum absolute atomic E-state index is 0.0871. The first-order chi connectivity index (χ1) is 14.9. The van der Waals surface area contributed by atoms with Gasteiger partial charge in [-0.15, -0.1) is 21.5 Å². The molecule has 0 radical (unpaired) electrons. The van der Waals surface area contributed by atoms with Crippen LogP contribution in [0.2, 0.25) is 0 Å². The molecule has 0 aliphatic rings. The Bertz CT molecular complexity index is 1050. The summed E-state index contributed by atoms with van der Waals surface area (Å²) >= 11 is 2.47. The topological polar surface area (TPSA) is 95.3 Å². The predicted octanol–water partition coefficient (Wildman–Crippen LogP) is 4.16. The van der Waals surface area contributed by atoms with Crippen LogP contribution in [0.4, 0.5) is 9.39 Å². The van der Waals surface area contributed by atoms with Gasteiger partial charge in [-0.3, -0.25) is 4.79 Å². The third-order valence-electron chi connectivity index (χ3n) is 4.21. The Morgan fingerprint density at radius 2 is 2.00 bits per heavy atom. The second kappa shape index (κ2) is 10.4. The summed E-state index contributed by atoms with van der Waals surface area (Å²) in [6.07, 6.45) is -0.421. The van der Waals surface area contributed by atoms with Crippen molar-refractivity contribution >= 4 is 40.0 Å². The minimum Gasteiger partial charge on any atom is -0.483 e. The van der Waals surface area contributed by atoms with Gasteiger partial charge in [0, 0.05) is 6.54 Å². The summed E-state index contributed by atoms with van der Waals surface area (Å²) < 4.78 is 25.5. The molecule has 1 aromatic carbocycles. The number of rotatable bonds is 9. The molecule has 3 rings (SSSR count). The fraction of sp³-hybridized carbons (Fsp3) is 0.300. The number of benzene rings is 1. The molecular formula is C20H21FN4O4S2. The van der Waals surface area contributed by atoms with Crippen LogP contribution >= 0.6 is 23.1 Å². The van der Waals surface area contributed by atoms with Gasteiger partial charge in [-0.25, -0.2) is 9.18 Å². The second-order valence-electron chi connectivity index (χ2n) is 6.29. The maximum atomic E-state index is 13.1. The molecule has 0 saturated heterocycles. The highest BCUT2D eigenvalue weighted by Crippen LogP contribution is 2.26. The number of anilines is 1. The van der Waals surface area contributed by atoms with Gasteiger partial charge < -0.3 is 19.4 Å². The van der Waals surface area contributed by atoms with Crippen LogP contribution in [-0.2, 0) is 16.1 Å². The minimum atomic E-state index is -0.505. The van der Waals surface area contributed by atoms with Gasteiger partial charge in [-0.2, -0.15) is 0 Å². The Balaban J connectivity index is 1.63. The van der Waals surface area contributed by atoms with E-state index in [1.807, 2.05) is 18.4 Å². The van der Waals surface area contributed by atoms with Crippen LogP contribution in [0.25, 0.3) is 0 Å². The molecule has 2 heterocycles. The van der Waals surface area contributed by atoms with E-state index in [-0.39, 0.29) is 17.5 Å². The van der Waals surface area contributed by atoms with Gasteiger partial charge in [-0.1, -0.05) is 11.8 Å². The highest BCUT2D eigenvalue weighted by molar-refractivity contribution is 7.99. The maximum Gasteiger partial charge on any atom is 0.340 e. The number of thioether (sulfide) groups is 1. The second-order valence-corrected chi connectivity index (χ2v) is 8.15. The van der Waals surface area contributed by atoms with Crippen LogP contribution in [0.15, 0.2) is 40.9 Å². The van der Waals surface area contributed by atoms with Crippen LogP contribution in [0.5, 0.6) is 5.75 Å². The Morgan fingerprint density at radius 3 is 2.68 bits per heavy atom. The number of hydrogen-bond acceptors (Lipinski definition) is 8. The first-order valence-electron chi connectivity index (χ1n) is 9.36. The number of methoxy groups -OCH3 is 1. The number of nitrogens with one attached hydrogen (secondary N) is 1. The molecule has 2 aromatic heterocycles. The van der Waals surface area contributed by atoms with E-state index < -0.39 is 12.1 Å². The molecule has 0 aliphatic carbocycles. The van der Waals surface area contributed by atoms with E-state index in [4.69, 9.17) is 9.47 Å². The zero-order chi connectivity index (χ0) is 22.4. The number of carbonyl (C=O) groups is 2. The molecule has 0 fully saturated rings. The number of hydrogen-bond donors (Lipinski definition) is 1. The van der Waals surface area contributed by atoms with Crippen molar-refractivity contribution in [3.8, 4) is 5.75 Å². The average Bonchev–Trinajstić information content (AvgIpc) is 3.39. The first-order valence-corrected chi connectivity index (χ1v) is 11.2. The molecule has 3 aromatic rings. The van der Waals surface area contributed by atoms with Crippen molar-refractivity contribution in [2.75, 3.05) is 18.2 Å². The SMILES string of the molecule is CCn1c(SCC(=O)Nc2sccc2C(=O)OC)nnc1C(C)Oc1ccc(F)cc1. The molecule has 8 nitrogen and oxygen atoms in total. The third-order valence-corrected chi connectivity index (χ3v) is 6.00. The lowest BCUT2D eigenvalue weighted by molar-refractivity contribution is -0.113. The third kappa shape index (κ3) is 5.61. The normalized spacial score (nSPS) is 11.7. The molecule has 31 heavy (non-hydrogen) atoms. The number of thiophene rings is 1. The van der Waals surface area contributed by atoms with Crippen molar-refractivity contribution < 1.29 is 23.5 Å². The van der Waals surface area contributed by atoms with E-state index in [2.05, 4.69) is 15.5 Å². The predicted molar refractivity (Wildman–Crippen MR) is 116 cm³/mol. The Kier molecular flexibility index (Phi) is 7.64. The number of esters is 1. The molecule has 0 bridgehead atoms. The van der Waals surface area contributed by atoms with E-state index in [1.165, 1.54) is 42.3 Å². The Morgan fingerprint density at radius 1 is 1.26 bits per heavy atom. The number of carbonyl (C=O) groups excluding carboxylic acids is 2. The lowest BCUT2D eigenvalue weighted by Gasteiger charge is -2.15. The van der Waals surface area contributed by atoms with Crippen LogP contribution in [-0.4, -0.2) is 39.5 Å². The summed E-state index contributed by atoms with van der Waals surface area (Å²) in [6, 6.07) is 7.34. The van der Waals surface area contributed by atoms with Crippen molar-refractivity contribution in [2.45, 2.75) is 31.7 Å². The van der Waals surface area contributed by atoms with Crippen molar-refractivity contribution in [1.29, 1.82) is 0 Å². The van der Waals surface area contributed by atoms with E-state index >= 15 is 0 Å². The van der Waals surface area contributed by atoms with Crippen molar-refractivity contribution in [1.82, 2.24) is 14.8 Å². The van der Waals surface area contributed by atoms with Crippen LogP contribution in [0, 0.1) is 5.82 Å². The van der Waals surface area contributed by atoms with E-state index in [0.717, 1.165) is 0 Å². The molecule has 0 saturated carbocycles. The molecule has 1 unspecified atom stereocenters. The maximum absolute atomic E-state index is 13.1. The van der Waals surface area contributed by atoms with Gasteiger partial charge >= 0.3 is 5.97 Å². The van der Waals surface area contributed by atoms with Crippen molar-refractivity contribution in [3.63, 3.8) is 0 Å². The standard InChI is InChI=1S/C20H21FN4O4S2/c1-4-25-17(12(2)29-14-7-5-13(21)6-8-14)23-24-20(25)31-11-16(26)22-18-15(9-10-30-18)19(27)28-3/h5-10,12H,4,11H2,1-3H3,(H,22,26). The Hall–Kier alpha value is -2.92. The molecule has 11 heteroatoms. The molecule has 0 aliphatic heterocycles. The number of halogens is 1. The highest BCUT2D eigenvalue weighted by atomic mass is 32.2. The quantitative estimate of drug-likeness (QED) is 0.375.